The van der Waals surface area contributed by atoms with E-state index in [1.807, 2.05) is 0 Å². The first-order valence-corrected chi connectivity index (χ1v) is 9.08. The van der Waals surface area contributed by atoms with Crippen LogP contribution >= 0.6 is 12.4 Å². The number of carbonyl (C=O) groups excluding carboxylic acids is 1. The van der Waals surface area contributed by atoms with Crippen molar-refractivity contribution in [3.05, 3.63) is 18.2 Å². The molecule has 0 saturated heterocycles. The lowest BCUT2D eigenvalue weighted by Gasteiger charge is -2.18. The summed E-state index contributed by atoms with van der Waals surface area (Å²) in [6.07, 6.45) is 0. The van der Waals surface area contributed by atoms with E-state index in [4.69, 9.17) is 10.5 Å². The first kappa shape index (κ1) is 23.6. The Balaban J connectivity index is 0.00000576. The van der Waals surface area contributed by atoms with E-state index in [-0.39, 0.29) is 29.3 Å². The second kappa shape index (κ2) is 10.6. The number of rotatable bonds is 9. The summed E-state index contributed by atoms with van der Waals surface area (Å²) in [6.45, 7) is 4.44. The Labute approximate surface area is 155 Å². The minimum absolute atomic E-state index is 0. The number of nitrogens with one attached hydrogen (secondary N) is 3. The molecule has 0 aliphatic rings. The highest BCUT2D eigenvalue weighted by atomic mass is 35.5. The monoisotopic (exact) mass is 394 g/mol. The molecule has 5 N–H and O–H groups in total. The number of sulfonamides is 1. The van der Waals surface area contributed by atoms with Crippen LogP contribution in [-0.4, -0.2) is 47.7 Å². The van der Waals surface area contributed by atoms with Gasteiger partial charge in [0.15, 0.2) is 0 Å². The van der Waals surface area contributed by atoms with E-state index in [0.29, 0.717) is 24.5 Å². The van der Waals surface area contributed by atoms with Crippen molar-refractivity contribution in [2.24, 2.45) is 11.7 Å². The molecule has 0 radical (unpaired) electrons. The predicted octanol–water partition coefficient (Wildman–Crippen LogP) is 0.997. The molecule has 0 aliphatic carbocycles. The number of carbonyl (C=O) groups is 1. The molecule has 2 unspecified atom stereocenters. The van der Waals surface area contributed by atoms with Gasteiger partial charge in [-0.05, 0) is 32.2 Å². The van der Waals surface area contributed by atoms with Crippen molar-refractivity contribution in [2.45, 2.75) is 24.8 Å². The van der Waals surface area contributed by atoms with Crippen LogP contribution in [0.1, 0.15) is 13.8 Å². The number of nitrogens with two attached hydrogens (primary N) is 1. The number of anilines is 2. The summed E-state index contributed by atoms with van der Waals surface area (Å²) in [5.41, 5.74) is 6.73. The minimum Gasteiger partial charge on any atom is -0.383 e. The Bertz CT molecular complexity index is 667. The van der Waals surface area contributed by atoms with E-state index in [2.05, 4.69) is 15.4 Å². The third kappa shape index (κ3) is 6.79. The van der Waals surface area contributed by atoms with Crippen molar-refractivity contribution >= 4 is 39.7 Å². The fourth-order valence-electron chi connectivity index (χ4n) is 1.84. The maximum Gasteiger partial charge on any atom is 0.240 e. The second-order valence-electron chi connectivity index (χ2n) is 5.47. The van der Waals surface area contributed by atoms with Gasteiger partial charge in [-0.1, -0.05) is 6.92 Å². The third-order valence-electron chi connectivity index (χ3n) is 3.65. The van der Waals surface area contributed by atoms with Crippen LogP contribution in [0.15, 0.2) is 23.1 Å². The summed E-state index contributed by atoms with van der Waals surface area (Å²) in [7, 11) is -0.703. The summed E-state index contributed by atoms with van der Waals surface area (Å²) >= 11 is 0. The molecule has 1 aromatic rings. The van der Waals surface area contributed by atoms with Gasteiger partial charge in [0.25, 0.3) is 0 Å². The molecule has 0 fully saturated rings. The van der Waals surface area contributed by atoms with Gasteiger partial charge in [0, 0.05) is 19.7 Å². The average molecular weight is 395 g/mol. The summed E-state index contributed by atoms with van der Waals surface area (Å²) in [5, 5.41) is 5.84. The van der Waals surface area contributed by atoms with Crippen molar-refractivity contribution in [3.63, 3.8) is 0 Å². The zero-order valence-electron chi connectivity index (χ0n) is 14.8. The lowest BCUT2D eigenvalue weighted by Crippen LogP contribution is -2.34. The van der Waals surface area contributed by atoms with E-state index in [9.17, 15) is 13.2 Å². The molecule has 2 atom stereocenters. The van der Waals surface area contributed by atoms with Crippen LogP contribution in [0, 0.1) is 5.92 Å². The Morgan fingerprint density at radius 2 is 1.92 bits per heavy atom. The van der Waals surface area contributed by atoms with Crippen molar-refractivity contribution in [2.75, 3.05) is 37.9 Å². The first-order valence-electron chi connectivity index (χ1n) is 7.59. The largest absolute Gasteiger partial charge is 0.383 e. The summed E-state index contributed by atoms with van der Waals surface area (Å²) in [5.74, 6) is -0.694. The molecular formula is C15H27ClN4O4S. The average Bonchev–Trinajstić information content (AvgIpc) is 2.55. The Kier molecular flexibility index (Phi) is 9.98. The zero-order chi connectivity index (χ0) is 18.3. The summed E-state index contributed by atoms with van der Waals surface area (Å²) in [4.78, 5) is 12.3. The third-order valence-corrected chi connectivity index (χ3v) is 5.06. The molecule has 1 aromatic carbocycles. The molecule has 0 spiro atoms. The number of benzene rings is 1. The van der Waals surface area contributed by atoms with E-state index in [0.717, 1.165) is 0 Å². The molecule has 8 nitrogen and oxygen atoms in total. The van der Waals surface area contributed by atoms with Crippen molar-refractivity contribution in [1.82, 2.24) is 4.72 Å². The highest BCUT2D eigenvalue weighted by Gasteiger charge is 2.20. The van der Waals surface area contributed by atoms with Gasteiger partial charge in [-0.25, -0.2) is 13.1 Å². The number of ether oxygens (including phenoxy) is 1. The van der Waals surface area contributed by atoms with Crippen LogP contribution in [0.2, 0.25) is 0 Å². The maximum atomic E-state index is 12.3. The van der Waals surface area contributed by atoms with Crippen molar-refractivity contribution < 1.29 is 17.9 Å². The molecule has 0 aromatic heterocycles. The summed E-state index contributed by atoms with van der Waals surface area (Å²) in [6, 6.07) is 4.16. The van der Waals surface area contributed by atoms with E-state index < -0.39 is 15.9 Å². The van der Waals surface area contributed by atoms with E-state index in [1.54, 1.807) is 27.0 Å². The van der Waals surface area contributed by atoms with Gasteiger partial charge in [0.2, 0.25) is 15.9 Å². The molecule has 25 heavy (non-hydrogen) atoms. The quantitative estimate of drug-likeness (QED) is 0.463. The molecule has 0 aliphatic heterocycles. The zero-order valence-corrected chi connectivity index (χ0v) is 16.5. The molecule has 0 heterocycles. The number of hydrogen-bond donors (Lipinski definition) is 4. The first-order chi connectivity index (χ1) is 11.2. The number of halogens is 1. The standard InChI is InChI=1S/C15H26N4O4S.ClH/c1-10(11(2)16)15(20)19-14-9-12(24(21,22)17-3)5-6-13(14)18-7-8-23-4;/h5-6,9-11,17-18H,7-8,16H2,1-4H3,(H,19,20);1H. The molecule has 1 amide bonds. The van der Waals surface area contributed by atoms with Crippen molar-refractivity contribution in [1.29, 1.82) is 0 Å². The van der Waals surface area contributed by atoms with Crippen LogP contribution < -0.4 is 21.1 Å². The topological polar surface area (TPSA) is 123 Å². The number of methoxy groups -OCH3 is 1. The highest BCUT2D eigenvalue weighted by Crippen LogP contribution is 2.26. The Morgan fingerprint density at radius 3 is 2.44 bits per heavy atom. The van der Waals surface area contributed by atoms with Crippen molar-refractivity contribution in [3.8, 4) is 0 Å². The molecule has 1 rings (SSSR count). The predicted molar refractivity (Wildman–Crippen MR) is 102 cm³/mol. The molecule has 10 heteroatoms. The second-order valence-corrected chi connectivity index (χ2v) is 7.36. The summed E-state index contributed by atoms with van der Waals surface area (Å²) < 4.78 is 31.2. The van der Waals surface area contributed by atoms with Crippen LogP contribution in [0.25, 0.3) is 0 Å². The number of hydrogen-bond acceptors (Lipinski definition) is 6. The van der Waals surface area contributed by atoms with Gasteiger partial charge in [-0.15, -0.1) is 12.4 Å². The van der Waals surface area contributed by atoms with Gasteiger partial charge in [-0.3, -0.25) is 4.79 Å². The van der Waals surface area contributed by atoms with Crippen LogP contribution in [0.3, 0.4) is 0 Å². The highest BCUT2D eigenvalue weighted by molar-refractivity contribution is 7.89. The Hall–Kier alpha value is -1.39. The van der Waals surface area contributed by atoms with Gasteiger partial charge in [0.1, 0.15) is 0 Å². The molecular weight excluding hydrogens is 368 g/mol. The van der Waals surface area contributed by atoms with Gasteiger partial charge in [-0.2, -0.15) is 0 Å². The molecule has 144 valence electrons. The number of amides is 1. The van der Waals surface area contributed by atoms with Crippen LogP contribution in [-0.2, 0) is 19.6 Å². The van der Waals surface area contributed by atoms with Gasteiger partial charge >= 0.3 is 0 Å². The molecule has 0 bridgehead atoms. The minimum atomic E-state index is -3.61. The van der Waals surface area contributed by atoms with E-state index in [1.165, 1.54) is 19.2 Å². The Morgan fingerprint density at radius 1 is 1.28 bits per heavy atom. The molecule has 0 saturated carbocycles. The van der Waals surface area contributed by atoms with Gasteiger partial charge in [0.05, 0.1) is 28.8 Å². The fourth-order valence-corrected chi connectivity index (χ4v) is 2.59. The van der Waals surface area contributed by atoms with E-state index >= 15 is 0 Å². The SMILES string of the molecule is CNS(=O)(=O)c1ccc(NCCOC)c(NC(=O)C(C)C(C)N)c1.Cl. The normalized spacial score (nSPS) is 13.5. The van der Waals surface area contributed by atoms with Crippen LogP contribution in [0.4, 0.5) is 11.4 Å². The lowest BCUT2D eigenvalue weighted by molar-refractivity contribution is -0.119. The smallest absolute Gasteiger partial charge is 0.240 e. The van der Waals surface area contributed by atoms with Gasteiger partial charge < -0.3 is 21.1 Å². The fraction of sp³-hybridized carbons (Fsp3) is 0.533. The van der Waals surface area contributed by atoms with Crippen LogP contribution in [0.5, 0.6) is 0 Å². The lowest BCUT2D eigenvalue weighted by atomic mass is 10.0. The maximum absolute atomic E-state index is 12.3.